The van der Waals surface area contributed by atoms with E-state index < -0.39 is 9.84 Å². The average molecular weight is 319 g/mol. The van der Waals surface area contributed by atoms with Crippen LogP contribution < -0.4 is 0 Å². The Morgan fingerprint density at radius 2 is 2.00 bits per heavy atom. The highest BCUT2D eigenvalue weighted by Crippen LogP contribution is 2.17. The molecule has 2 rings (SSSR count). The van der Waals surface area contributed by atoms with Gasteiger partial charge in [-0.2, -0.15) is 0 Å². The van der Waals surface area contributed by atoms with Crippen LogP contribution >= 0.6 is 15.9 Å². The van der Waals surface area contributed by atoms with Gasteiger partial charge in [0.05, 0.1) is 17.1 Å². The molecule has 1 aromatic heterocycles. The minimum absolute atomic E-state index is 0.0431. The Kier molecular flexibility index (Phi) is 3.48. The molecule has 0 aliphatic carbocycles. The molecule has 1 fully saturated rings. The second-order valence-electron chi connectivity index (χ2n) is 3.80. The Morgan fingerprint density at radius 3 is 2.59 bits per heavy atom. The first-order chi connectivity index (χ1) is 7.99. The van der Waals surface area contributed by atoms with E-state index in [1.54, 1.807) is 23.4 Å². The molecule has 17 heavy (non-hydrogen) atoms. The highest BCUT2D eigenvalue weighted by atomic mass is 79.9. The second-order valence-corrected chi connectivity index (χ2v) is 6.96. The minimum Gasteiger partial charge on any atom is -0.337 e. The fourth-order valence-electron chi connectivity index (χ4n) is 1.63. The van der Waals surface area contributed by atoms with Gasteiger partial charge in [0, 0.05) is 30.0 Å². The number of amides is 1. The molecule has 1 aliphatic heterocycles. The zero-order chi connectivity index (χ0) is 12.5. The molecule has 0 radical (unpaired) electrons. The van der Waals surface area contributed by atoms with E-state index in [-0.39, 0.29) is 30.5 Å². The maximum absolute atomic E-state index is 12.1. The van der Waals surface area contributed by atoms with Crippen molar-refractivity contribution < 1.29 is 13.2 Å². The molecule has 0 atom stereocenters. The quantitative estimate of drug-likeness (QED) is 0.765. The number of carbonyl (C=O) groups excluding carboxylic acids is 1. The normalized spacial score (nSPS) is 19.0. The van der Waals surface area contributed by atoms with Gasteiger partial charge in [0.15, 0.2) is 9.84 Å². The van der Waals surface area contributed by atoms with Crippen molar-refractivity contribution in [2.75, 3.05) is 24.6 Å². The lowest BCUT2D eigenvalue weighted by Crippen LogP contribution is -2.43. The molecule has 1 saturated heterocycles. The molecule has 1 aliphatic rings. The number of aromatic nitrogens is 1. The molecule has 2 heterocycles. The van der Waals surface area contributed by atoms with Crippen molar-refractivity contribution in [1.82, 2.24) is 9.88 Å². The predicted molar refractivity (Wildman–Crippen MR) is 66.5 cm³/mol. The SMILES string of the molecule is O=C(c1ccncc1Br)N1CCS(=O)(=O)CC1. The fourth-order valence-corrected chi connectivity index (χ4v) is 3.26. The lowest BCUT2D eigenvalue weighted by Gasteiger charge is -2.27. The largest absolute Gasteiger partial charge is 0.337 e. The van der Waals surface area contributed by atoms with Gasteiger partial charge in [0.25, 0.3) is 5.91 Å². The van der Waals surface area contributed by atoms with E-state index in [0.717, 1.165) is 0 Å². The van der Waals surface area contributed by atoms with Crippen LogP contribution in [0.2, 0.25) is 0 Å². The van der Waals surface area contributed by atoms with Crippen molar-refractivity contribution in [1.29, 1.82) is 0 Å². The van der Waals surface area contributed by atoms with Crippen LogP contribution in [0.25, 0.3) is 0 Å². The van der Waals surface area contributed by atoms with Crippen molar-refractivity contribution >= 4 is 31.7 Å². The Labute approximate surface area is 108 Å². The van der Waals surface area contributed by atoms with Crippen LogP contribution in [0.3, 0.4) is 0 Å². The van der Waals surface area contributed by atoms with Gasteiger partial charge in [-0.1, -0.05) is 0 Å². The summed E-state index contributed by atoms with van der Waals surface area (Å²) in [4.78, 5) is 17.5. The molecule has 0 saturated carbocycles. The molecule has 1 aromatic rings. The third-order valence-corrected chi connectivity index (χ3v) is 4.88. The highest BCUT2D eigenvalue weighted by Gasteiger charge is 2.26. The van der Waals surface area contributed by atoms with Crippen LogP contribution in [0.1, 0.15) is 10.4 Å². The minimum atomic E-state index is -2.96. The molecule has 5 nitrogen and oxygen atoms in total. The van der Waals surface area contributed by atoms with Crippen molar-refractivity contribution in [3.63, 3.8) is 0 Å². The summed E-state index contributed by atoms with van der Waals surface area (Å²) in [5.74, 6) is -0.0720. The van der Waals surface area contributed by atoms with E-state index in [4.69, 9.17) is 0 Å². The zero-order valence-corrected chi connectivity index (χ0v) is 11.4. The van der Waals surface area contributed by atoms with Crippen LogP contribution in [-0.4, -0.2) is 48.8 Å². The molecular formula is C10H11BrN2O3S. The van der Waals surface area contributed by atoms with Gasteiger partial charge in [0.2, 0.25) is 0 Å². The summed E-state index contributed by atoms with van der Waals surface area (Å²) >= 11 is 3.26. The number of sulfone groups is 1. The number of carbonyl (C=O) groups is 1. The summed E-state index contributed by atoms with van der Waals surface area (Å²) in [6.45, 7) is 0.520. The van der Waals surface area contributed by atoms with Gasteiger partial charge in [-0.05, 0) is 22.0 Å². The summed E-state index contributed by atoms with van der Waals surface area (Å²) in [6.07, 6.45) is 3.09. The average Bonchev–Trinajstić information content (AvgIpc) is 2.29. The van der Waals surface area contributed by atoms with E-state index in [2.05, 4.69) is 20.9 Å². The molecule has 7 heteroatoms. The Balaban J connectivity index is 2.15. The van der Waals surface area contributed by atoms with Crippen LogP contribution in [0.15, 0.2) is 22.9 Å². The lowest BCUT2D eigenvalue weighted by atomic mass is 10.2. The van der Waals surface area contributed by atoms with Gasteiger partial charge in [-0.3, -0.25) is 9.78 Å². The molecule has 92 valence electrons. The van der Waals surface area contributed by atoms with Gasteiger partial charge in [-0.25, -0.2) is 8.42 Å². The number of halogens is 1. The number of hydrogen-bond acceptors (Lipinski definition) is 4. The van der Waals surface area contributed by atoms with Crippen LogP contribution in [0, 0.1) is 0 Å². The smallest absolute Gasteiger partial charge is 0.255 e. The van der Waals surface area contributed by atoms with Gasteiger partial charge >= 0.3 is 0 Å². The van der Waals surface area contributed by atoms with Crippen molar-refractivity contribution in [2.24, 2.45) is 0 Å². The molecule has 0 spiro atoms. The zero-order valence-electron chi connectivity index (χ0n) is 8.97. The predicted octanol–water partition coefficient (Wildman–Crippen LogP) is 0.715. The van der Waals surface area contributed by atoms with Crippen LogP contribution in [0.4, 0.5) is 0 Å². The van der Waals surface area contributed by atoms with Gasteiger partial charge in [0.1, 0.15) is 0 Å². The Bertz CT molecular complexity index is 530. The van der Waals surface area contributed by atoms with Crippen LogP contribution in [-0.2, 0) is 9.84 Å². The standard InChI is InChI=1S/C10H11BrN2O3S/c11-9-7-12-2-1-8(9)10(14)13-3-5-17(15,16)6-4-13/h1-2,7H,3-6H2. The molecule has 0 unspecified atom stereocenters. The molecular weight excluding hydrogens is 308 g/mol. The van der Waals surface area contributed by atoms with Crippen molar-refractivity contribution in [3.05, 3.63) is 28.5 Å². The summed E-state index contributed by atoms with van der Waals surface area (Å²) in [7, 11) is -2.96. The number of rotatable bonds is 1. The highest BCUT2D eigenvalue weighted by molar-refractivity contribution is 9.10. The topological polar surface area (TPSA) is 67.3 Å². The maximum atomic E-state index is 12.1. The third-order valence-electron chi connectivity index (χ3n) is 2.63. The van der Waals surface area contributed by atoms with Crippen LogP contribution in [0.5, 0.6) is 0 Å². The van der Waals surface area contributed by atoms with E-state index >= 15 is 0 Å². The first-order valence-electron chi connectivity index (χ1n) is 5.09. The number of nitrogens with zero attached hydrogens (tertiary/aromatic N) is 2. The Morgan fingerprint density at radius 1 is 1.35 bits per heavy atom. The van der Waals surface area contributed by atoms with E-state index in [1.165, 1.54) is 0 Å². The molecule has 0 aromatic carbocycles. The summed E-state index contributed by atoms with van der Waals surface area (Å²) in [5.41, 5.74) is 0.513. The molecule has 1 amide bonds. The monoisotopic (exact) mass is 318 g/mol. The Hall–Kier alpha value is -0.950. The van der Waals surface area contributed by atoms with Gasteiger partial charge < -0.3 is 4.90 Å². The summed E-state index contributed by atoms with van der Waals surface area (Å²) in [6, 6.07) is 1.62. The second kappa shape index (κ2) is 4.73. The fraction of sp³-hybridized carbons (Fsp3) is 0.400. The van der Waals surface area contributed by atoms with Crippen molar-refractivity contribution in [2.45, 2.75) is 0 Å². The summed E-state index contributed by atoms with van der Waals surface area (Å²) in [5, 5.41) is 0. The van der Waals surface area contributed by atoms with E-state index in [0.29, 0.717) is 10.0 Å². The number of pyridine rings is 1. The summed E-state index contributed by atoms with van der Waals surface area (Å²) < 4.78 is 23.2. The molecule has 0 N–H and O–H groups in total. The van der Waals surface area contributed by atoms with Crippen molar-refractivity contribution in [3.8, 4) is 0 Å². The van der Waals surface area contributed by atoms with E-state index in [1.807, 2.05) is 0 Å². The lowest BCUT2D eigenvalue weighted by molar-refractivity contribution is 0.0769. The maximum Gasteiger partial charge on any atom is 0.255 e. The van der Waals surface area contributed by atoms with E-state index in [9.17, 15) is 13.2 Å². The molecule has 0 bridgehead atoms. The first kappa shape index (κ1) is 12.5. The number of hydrogen-bond donors (Lipinski definition) is 0. The third kappa shape index (κ3) is 2.84. The first-order valence-corrected chi connectivity index (χ1v) is 7.70. The van der Waals surface area contributed by atoms with Gasteiger partial charge in [-0.15, -0.1) is 0 Å².